The molecule has 1 N–H and O–H groups in total. The van der Waals surface area contributed by atoms with Crippen molar-refractivity contribution in [2.45, 2.75) is 180 Å². The van der Waals surface area contributed by atoms with Crippen LogP contribution >= 0.6 is 0 Å². The second-order valence-electron chi connectivity index (χ2n) is 33.6. The van der Waals surface area contributed by atoms with Crippen molar-refractivity contribution in [1.82, 2.24) is 0 Å². The average molecular weight is 1850 g/mol. The van der Waals surface area contributed by atoms with Gasteiger partial charge in [-0.05, 0) is 302 Å². The number of aryl methyl sites for hydroxylation is 8. The molecule has 19 rings (SSSR count). The van der Waals surface area contributed by atoms with Crippen LogP contribution in [-0.4, -0.2) is 50.7 Å². The number of phenolic OH excluding ortho intramolecular Hbond substituents is 1. The van der Waals surface area contributed by atoms with Crippen molar-refractivity contribution >= 4 is 66.4 Å². The van der Waals surface area contributed by atoms with Crippen LogP contribution in [0.15, 0.2) is 450 Å². The topological polar surface area (TPSA) is 101 Å². The van der Waals surface area contributed by atoms with Crippen LogP contribution in [0.5, 0.6) is 28.7 Å². The minimum atomic E-state index is -4.36. The van der Waals surface area contributed by atoms with E-state index in [0.29, 0.717) is 11.5 Å². The Morgan fingerprint density at radius 3 is 0.803 bits per heavy atom. The number of rotatable bonds is 24. The van der Waals surface area contributed by atoms with Gasteiger partial charge in [0.2, 0.25) is 0 Å². The average Bonchev–Trinajstić information content (AvgIpc) is 0.729. The summed E-state index contributed by atoms with van der Waals surface area (Å²) >= 11 is 0. The molecular formula is C116H114F3O8S5+5. The molecule has 672 valence electrons. The first-order valence-electron chi connectivity index (χ1n) is 44.6. The van der Waals surface area contributed by atoms with Gasteiger partial charge in [0, 0.05) is 48.5 Å². The monoisotopic (exact) mass is 1850 g/mol. The van der Waals surface area contributed by atoms with Gasteiger partial charge in [-0.15, -0.1) is 0 Å². The summed E-state index contributed by atoms with van der Waals surface area (Å²) in [4.78, 5) is 44.5. The number of carbonyl (C=O) groups is 2. The fourth-order valence-electron chi connectivity index (χ4n) is 18.2. The zero-order valence-corrected chi connectivity index (χ0v) is 80.5. The molecule has 0 aliphatic heterocycles. The Bertz CT molecular complexity index is 5910. The molecule has 15 aromatic rings. The number of methoxy groups -OCH3 is 2. The lowest BCUT2D eigenvalue weighted by molar-refractivity contribution is -0.162. The van der Waals surface area contributed by atoms with E-state index in [4.69, 9.17) is 18.9 Å². The lowest BCUT2D eigenvalue weighted by Crippen LogP contribution is -2.51. The Labute approximate surface area is 791 Å². The van der Waals surface area contributed by atoms with Gasteiger partial charge in [-0.1, -0.05) is 182 Å². The molecule has 16 heteroatoms. The molecule has 0 spiro atoms. The van der Waals surface area contributed by atoms with E-state index in [-0.39, 0.29) is 65.9 Å². The molecule has 0 aromatic heterocycles. The van der Waals surface area contributed by atoms with Crippen LogP contribution < -0.4 is 18.9 Å². The summed E-state index contributed by atoms with van der Waals surface area (Å²) in [6.45, 7) is 15.0. The third-order valence-electron chi connectivity index (χ3n) is 23.6. The fraction of sp³-hybridized carbons (Fsp3) is 0.207. The summed E-state index contributed by atoms with van der Waals surface area (Å²) in [7, 11) is 2.57. The molecular weight excluding hydrogens is 1740 g/mol. The van der Waals surface area contributed by atoms with Gasteiger partial charge in [0.15, 0.2) is 80.0 Å². The smallest absolute Gasteiger partial charge is 0.392 e. The zero-order chi connectivity index (χ0) is 92.7. The van der Waals surface area contributed by atoms with Crippen LogP contribution in [0, 0.1) is 78.6 Å². The molecule has 8 nitrogen and oxygen atoms in total. The van der Waals surface area contributed by atoms with Gasteiger partial charge in [0.1, 0.15) is 35.4 Å². The molecule has 0 radical (unpaired) electrons. The SMILES string of the molecule is COc1c(C)cc([S+](c2ccccc2)c2ccccc2)cc1C.COc1ccc([S+](c2ccccc2)c2ccccc2)cc1.Cc1cc([S+](c2ccccc2)c2ccccc2)cc(C)c1O.Cc1cc([S+](c2ccccc2)c2ccccc2)cc(C)c1OC(=O)C12CC3CC(CC(C3)C1)C2.Cc1cc([S+](c2ccccc2)c2ccccc2)cc(C)c1OCC(=O)OCCC(F)(F)F. The molecule has 4 saturated carbocycles. The first-order valence-corrected chi connectivity index (χ1v) is 50.7. The van der Waals surface area contributed by atoms with Crippen molar-refractivity contribution in [3.63, 3.8) is 0 Å². The van der Waals surface area contributed by atoms with Crippen molar-refractivity contribution in [2.24, 2.45) is 23.2 Å². The lowest BCUT2D eigenvalue weighted by Gasteiger charge is -2.55. The number of benzene rings is 15. The maximum Gasteiger partial charge on any atom is 0.392 e. The number of aromatic hydroxyl groups is 1. The van der Waals surface area contributed by atoms with E-state index in [9.17, 15) is 27.9 Å². The van der Waals surface area contributed by atoms with Crippen molar-refractivity contribution in [3.05, 3.63) is 421 Å². The normalized spacial score (nSPS) is 15.2. The minimum Gasteiger partial charge on any atom is -0.507 e. The summed E-state index contributed by atoms with van der Waals surface area (Å²) in [5, 5.41) is 10.1. The molecule has 132 heavy (non-hydrogen) atoms. The Hall–Kier alpha value is -12.0. The van der Waals surface area contributed by atoms with Crippen molar-refractivity contribution in [3.8, 4) is 28.7 Å². The number of carbonyl (C=O) groups excluding carboxylic acids is 2. The molecule has 0 atom stereocenters. The molecule has 0 saturated heterocycles. The minimum absolute atomic E-state index is 0.0377. The highest BCUT2D eigenvalue weighted by Crippen LogP contribution is 2.61. The quantitative estimate of drug-likeness (QED) is 0.0363. The molecule has 4 bridgehead atoms. The maximum absolute atomic E-state index is 13.6. The van der Waals surface area contributed by atoms with Gasteiger partial charge in [-0.25, -0.2) is 4.79 Å². The molecule has 4 aliphatic carbocycles. The predicted molar refractivity (Wildman–Crippen MR) is 533 cm³/mol. The van der Waals surface area contributed by atoms with Crippen LogP contribution in [-0.2, 0) is 68.8 Å². The Kier molecular flexibility index (Phi) is 33.4. The standard InChI is InChI=1S/C31H33O2S.C25H24F3O3S.C21H21OS.C20H18OS.C19H17OS/c1-21-13-28(34(26-9-5-3-6-10-26)27-11-7-4-8-12-27)14-22(2)29(21)33-30(32)31-18-23-15-24(19-31)17-25(16-23)20-31;1-18-15-22(32(20-9-5-3-6-10-20)21-11-7-4-8-12-21)16-19(2)24(18)31-17-23(29)30-14-13-25(26,27)28;1-16-14-20(15-17(2)21(16)22-3)23(18-10-6-4-7-11-18)19-12-8-5-9-13-19;1-15-13-19(14-16(2)20(15)21)22(17-9-5-3-6-10-17)18-11-7-4-8-12-18;1-20-16-12-14-19(15-13-16)21(17-8-4-2-5-9-17)18-10-6-3-7-11-18/h3-14,23-25H,15-20H2,1-2H3;3-12,15-16H,13-14,17H2,1-2H3;4-15H,1-3H3;3-14H,1-2H3;2-15H,1H3/q3*+1;;+1/p+1. The predicted octanol–water partition coefficient (Wildman–Crippen LogP) is 29.1. The summed E-state index contributed by atoms with van der Waals surface area (Å²) < 4.78 is 63.8. The fourth-order valence-corrected chi connectivity index (χ4v) is 29.3. The summed E-state index contributed by atoms with van der Waals surface area (Å²) in [6.07, 6.45) is 1.59. The number of alkyl halides is 3. The van der Waals surface area contributed by atoms with E-state index in [0.717, 1.165) is 92.5 Å². The number of phenols is 1. The number of halogens is 3. The molecule has 4 aliphatic rings. The number of esters is 2. The largest absolute Gasteiger partial charge is 0.507 e. The Balaban J connectivity index is 0.000000135. The van der Waals surface area contributed by atoms with Crippen molar-refractivity contribution < 1.29 is 51.6 Å². The highest BCUT2D eigenvalue weighted by Gasteiger charge is 2.56. The van der Waals surface area contributed by atoms with Gasteiger partial charge in [-0.3, -0.25) is 4.79 Å². The van der Waals surface area contributed by atoms with Gasteiger partial charge < -0.3 is 28.8 Å². The summed E-state index contributed by atoms with van der Waals surface area (Å²) in [6, 6.07) is 131. The van der Waals surface area contributed by atoms with E-state index in [1.807, 2.05) is 100 Å². The van der Waals surface area contributed by atoms with Crippen LogP contribution in [0.25, 0.3) is 0 Å². The highest BCUT2D eigenvalue weighted by molar-refractivity contribution is 7.98. The maximum atomic E-state index is 13.6. The summed E-state index contributed by atoms with van der Waals surface area (Å²) in [5.41, 5.74) is 7.79. The zero-order valence-electron chi connectivity index (χ0n) is 76.4. The first kappa shape index (κ1) is 96.0. The molecule has 0 unspecified atom stereocenters. The van der Waals surface area contributed by atoms with Crippen molar-refractivity contribution in [2.75, 3.05) is 27.4 Å². The third-order valence-corrected chi connectivity index (χ3v) is 34.7. The van der Waals surface area contributed by atoms with Crippen LogP contribution in [0.1, 0.15) is 89.5 Å². The Morgan fingerprint density at radius 2 is 0.553 bits per heavy atom. The van der Waals surface area contributed by atoms with Gasteiger partial charge >= 0.3 is 18.1 Å². The van der Waals surface area contributed by atoms with E-state index in [1.54, 1.807) is 14.2 Å². The van der Waals surface area contributed by atoms with Crippen LogP contribution in [0.3, 0.4) is 0 Å². The summed E-state index contributed by atoms with van der Waals surface area (Å²) in [5.74, 6) is 5.00. The van der Waals surface area contributed by atoms with E-state index in [2.05, 4.69) is 336 Å². The molecule has 4 fully saturated rings. The first-order chi connectivity index (χ1) is 64.0. The van der Waals surface area contributed by atoms with Crippen LogP contribution in [0.4, 0.5) is 13.2 Å². The second-order valence-corrected chi connectivity index (χ2v) is 43.7. The lowest BCUT2D eigenvalue weighted by atomic mass is 9.49. The van der Waals surface area contributed by atoms with Crippen LogP contribution in [0.2, 0.25) is 0 Å². The number of hydrogen-bond acceptors (Lipinski definition) is 8. The number of hydrogen-bond donors (Lipinski definition) is 1. The van der Waals surface area contributed by atoms with Crippen molar-refractivity contribution in [1.29, 1.82) is 0 Å². The van der Waals surface area contributed by atoms with E-state index < -0.39 is 31.8 Å². The van der Waals surface area contributed by atoms with Gasteiger partial charge in [0.05, 0.1) is 80.5 Å². The van der Waals surface area contributed by atoms with Gasteiger partial charge in [0.25, 0.3) is 0 Å². The molecule has 0 amide bonds. The van der Waals surface area contributed by atoms with E-state index in [1.165, 1.54) is 98.9 Å². The van der Waals surface area contributed by atoms with E-state index >= 15 is 0 Å². The molecule has 0 heterocycles. The highest BCUT2D eigenvalue weighted by atomic mass is 32.2. The third kappa shape index (κ3) is 24.8. The second kappa shape index (κ2) is 45.9. The molecule has 15 aromatic carbocycles. The number of ether oxygens (including phenoxy) is 5. The van der Waals surface area contributed by atoms with Gasteiger partial charge in [-0.2, -0.15) is 13.2 Å². The Morgan fingerprint density at radius 1 is 0.318 bits per heavy atom.